The summed E-state index contributed by atoms with van der Waals surface area (Å²) in [5.41, 5.74) is 1.12. The maximum Gasteiger partial charge on any atom is 0.271 e. The highest BCUT2D eigenvalue weighted by atomic mass is 35.5. The van der Waals surface area contributed by atoms with Crippen molar-refractivity contribution in [3.05, 3.63) is 64.4 Å². The van der Waals surface area contributed by atoms with Crippen LogP contribution in [0.3, 0.4) is 0 Å². The van der Waals surface area contributed by atoms with E-state index in [1.54, 1.807) is 20.2 Å². The van der Waals surface area contributed by atoms with E-state index in [1.165, 1.54) is 12.3 Å². The normalized spacial score (nSPS) is 20.2. The first kappa shape index (κ1) is 23.2. The van der Waals surface area contributed by atoms with E-state index >= 15 is 0 Å². The Bertz CT molecular complexity index is 1060. The molecule has 8 nitrogen and oxygen atoms in total. The zero-order valence-electron chi connectivity index (χ0n) is 17.5. The molecule has 2 aromatic rings. The van der Waals surface area contributed by atoms with E-state index in [9.17, 15) is 13.2 Å². The largest absolute Gasteiger partial charge is 0.380 e. The van der Waals surface area contributed by atoms with Gasteiger partial charge in [0.2, 0.25) is 0 Å². The van der Waals surface area contributed by atoms with Crippen molar-refractivity contribution in [3.63, 3.8) is 0 Å². The molecular formula is C21H25ClN4O4S. The van der Waals surface area contributed by atoms with Crippen LogP contribution in [0.4, 0.5) is 5.82 Å². The molecule has 2 heterocycles. The second-order valence-electron chi connectivity index (χ2n) is 7.46. The molecule has 0 unspecified atom stereocenters. The predicted octanol–water partition coefficient (Wildman–Crippen LogP) is 2.77. The third kappa shape index (κ3) is 6.03. The lowest BCUT2D eigenvalue weighted by Gasteiger charge is -2.26. The van der Waals surface area contributed by atoms with Crippen LogP contribution in [0.1, 0.15) is 35.4 Å². The average Bonchev–Trinajstić information content (AvgIpc) is 3.16. The van der Waals surface area contributed by atoms with Gasteiger partial charge in [-0.25, -0.2) is 18.4 Å². The fourth-order valence-electron chi connectivity index (χ4n) is 3.44. The Morgan fingerprint density at radius 3 is 2.68 bits per heavy atom. The van der Waals surface area contributed by atoms with Crippen LogP contribution in [0, 0.1) is 0 Å². The van der Waals surface area contributed by atoms with Crippen LogP contribution >= 0.6 is 11.6 Å². The highest BCUT2D eigenvalue weighted by molar-refractivity contribution is 7.93. The number of methoxy groups -OCH3 is 1. The molecule has 0 spiro atoms. The molecule has 1 aromatic heterocycles. The maximum absolute atomic E-state index is 12.4. The predicted molar refractivity (Wildman–Crippen MR) is 120 cm³/mol. The number of carbonyl (C=O) groups is 1. The minimum absolute atomic E-state index is 0.0196. The van der Waals surface area contributed by atoms with Gasteiger partial charge in [-0.3, -0.25) is 4.79 Å². The Morgan fingerprint density at radius 1 is 1.32 bits per heavy atom. The number of rotatable bonds is 7. The second-order valence-corrected chi connectivity index (χ2v) is 9.80. The van der Waals surface area contributed by atoms with Crippen molar-refractivity contribution in [1.82, 2.24) is 15.3 Å². The number of benzene rings is 1. The zero-order chi connectivity index (χ0) is 22.6. The number of hydrogen-bond donors (Lipinski definition) is 1. The smallest absolute Gasteiger partial charge is 0.271 e. The standard InChI is InChI=1S/C21H25ClN4O4S/c1-14(8-9-31(3,28)29)25-21(27)18-11-24-20(12-23-18)26-13-15(30-2)10-19(26)16-6-4-5-7-17(16)22/h4-9,11-12,14-15,19H,10,13H2,1-3H3,(H,25,27)/b9-8+/t14-,15+,19+/m1/s1. The van der Waals surface area contributed by atoms with Crippen molar-refractivity contribution >= 4 is 33.2 Å². The van der Waals surface area contributed by atoms with Crippen molar-refractivity contribution in [2.75, 3.05) is 24.8 Å². The molecule has 1 amide bonds. The first-order valence-electron chi connectivity index (χ1n) is 9.73. The Balaban J connectivity index is 1.75. The summed E-state index contributed by atoms with van der Waals surface area (Å²) in [4.78, 5) is 23.2. The fraction of sp³-hybridized carbons (Fsp3) is 0.381. The summed E-state index contributed by atoms with van der Waals surface area (Å²) in [7, 11) is -1.58. The van der Waals surface area contributed by atoms with Gasteiger partial charge in [-0.05, 0) is 25.0 Å². The van der Waals surface area contributed by atoms with Crippen LogP contribution in [0.25, 0.3) is 0 Å². The number of carbonyl (C=O) groups excluding carboxylic acids is 1. The molecule has 1 saturated heterocycles. The number of sulfone groups is 1. The number of nitrogens with zero attached hydrogens (tertiary/aromatic N) is 3. The third-order valence-corrected chi connectivity index (χ3v) is 5.99. The molecule has 10 heteroatoms. The lowest BCUT2D eigenvalue weighted by atomic mass is 10.0. The third-order valence-electron chi connectivity index (χ3n) is 5.00. The van der Waals surface area contributed by atoms with Crippen molar-refractivity contribution in [2.24, 2.45) is 0 Å². The van der Waals surface area contributed by atoms with Crippen molar-refractivity contribution in [2.45, 2.75) is 31.5 Å². The monoisotopic (exact) mass is 464 g/mol. The maximum atomic E-state index is 12.4. The van der Waals surface area contributed by atoms with Crippen LogP contribution in [-0.2, 0) is 14.6 Å². The van der Waals surface area contributed by atoms with E-state index in [4.69, 9.17) is 16.3 Å². The van der Waals surface area contributed by atoms with E-state index in [1.807, 2.05) is 24.3 Å². The SMILES string of the molecule is CO[C@H]1C[C@@H](c2ccccc2Cl)N(c2cnc(C(=O)N[C@H](C)/C=C/S(C)(=O)=O)cn2)C1. The quantitative estimate of drug-likeness (QED) is 0.672. The Morgan fingerprint density at radius 2 is 2.06 bits per heavy atom. The van der Waals surface area contributed by atoms with Gasteiger partial charge >= 0.3 is 0 Å². The van der Waals surface area contributed by atoms with Gasteiger partial charge in [-0.1, -0.05) is 35.9 Å². The van der Waals surface area contributed by atoms with Gasteiger partial charge in [-0.15, -0.1) is 0 Å². The molecule has 1 fully saturated rings. The number of ether oxygens (including phenoxy) is 1. The average molecular weight is 465 g/mol. The summed E-state index contributed by atoms with van der Waals surface area (Å²) < 4.78 is 28.0. The summed E-state index contributed by atoms with van der Waals surface area (Å²) in [5.74, 6) is 0.176. The van der Waals surface area contributed by atoms with Crippen LogP contribution in [0.15, 0.2) is 48.1 Å². The lowest BCUT2D eigenvalue weighted by molar-refractivity contribution is 0.0941. The molecule has 0 radical (unpaired) electrons. The minimum Gasteiger partial charge on any atom is -0.380 e. The minimum atomic E-state index is -3.26. The summed E-state index contributed by atoms with van der Waals surface area (Å²) >= 11 is 6.42. The highest BCUT2D eigenvalue weighted by Crippen LogP contribution is 2.38. The number of aromatic nitrogens is 2. The number of halogens is 1. The van der Waals surface area contributed by atoms with Crippen LogP contribution in [0.2, 0.25) is 5.02 Å². The number of hydrogen-bond acceptors (Lipinski definition) is 7. The fourth-order valence-corrected chi connectivity index (χ4v) is 4.22. The van der Waals surface area contributed by atoms with Gasteiger partial charge < -0.3 is 15.0 Å². The molecule has 166 valence electrons. The number of anilines is 1. The molecule has 0 saturated carbocycles. The van der Waals surface area contributed by atoms with Gasteiger partial charge in [0.1, 0.15) is 11.5 Å². The molecule has 0 aliphatic carbocycles. The summed E-state index contributed by atoms with van der Waals surface area (Å²) in [6.07, 6.45) is 6.22. The van der Waals surface area contributed by atoms with E-state index in [-0.39, 0.29) is 17.8 Å². The Hall–Kier alpha value is -2.49. The van der Waals surface area contributed by atoms with Gasteiger partial charge in [-0.2, -0.15) is 0 Å². The summed E-state index contributed by atoms with van der Waals surface area (Å²) in [5, 5.41) is 4.40. The molecule has 3 rings (SSSR count). The topological polar surface area (TPSA) is 101 Å². The lowest BCUT2D eigenvalue weighted by Crippen LogP contribution is -2.32. The van der Waals surface area contributed by atoms with Gasteiger partial charge in [0.15, 0.2) is 9.84 Å². The summed E-state index contributed by atoms with van der Waals surface area (Å²) in [6, 6.07) is 7.17. The van der Waals surface area contributed by atoms with E-state index in [2.05, 4.69) is 20.2 Å². The Labute approximate surface area is 187 Å². The number of amides is 1. The molecule has 1 N–H and O–H groups in total. The zero-order valence-corrected chi connectivity index (χ0v) is 19.1. The van der Waals surface area contributed by atoms with Crippen molar-refractivity contribution in [1.29, 1.82) is 0 Å². The van der Waals surface area contributed by atoms with E-state index < -0.39 is 21.8 Å². The second kappa shape index (κ2) is 9.76. The molecule has 1 aromatic carbocycles. The van der Waals surface area contributed by atoms with Crippen molar-refractivity contribution in [3.8, 4) is 0 Å². The first-order valence-corrected chi connectivity index (χ1v) is 12.1. The molecule has 1 aliphatic heterocycles. The van der Waals surface area contributed by atoms with Crippen LogP contribution in [-0.4, -0.2) is 56.3 Å². The highest BCUT2D eigenvalue weighted by Gasteiger charge is 2.35. The van der Waals surface area contributed by atoms with Gasteiger partial charge in [0.05, 0.1) is 24.5 Å². The summed E-state index contributed by atoms with van der Waals surface area (Å²) in [6.45, 7) is 2.30. The van der Waals surface area contributed by atoms with Gasteiger partial charge in [0.25, 0.3) is 5.91 Å². The molecule has 1 aliphatic rings. The molecule has 0 bridgehead atoms. The van der Waals surface area contributed by atoms with Crippen molar-refractivity contribution < 1.29 is 17.9 Å². The number of nitrogens with one attached hydrogen (secondary N) is 1. The first-order chi connectivity index (χ1) is 14.7. The van der Waals surface area contributed by atoms with E-state index in [0.717, 1.165) is 23.6 Å². The Kier molecular flexibility index (Phi) is 7.30. The van der Waals surface area contributed by atoms with Crippen LogP contribution < -0.4 is 10.2 Å². The van der Waals surface area contributed by atoms with Gasteiger partial charge in [0, 0.05) is 36.4 Å². The molecular weight excluding hydrogens is 440 g/mol. The van der Waals surface area contributed by atoms with E-state index in [0.29, 0.717) is 17.4 Å². The molecule has 3 atom stereocenters. The molecule has 31 heavy (non-hydrogen) atoms. The van der Waals surface area contributed by atoms with Crippen LogP contribution in [0.5, 0.6) is 0 Å².